The first-order chi connectivity index (χ1) is 11.4. The van der Waals surface area contributed by atoms with Gasteiger partial charge in [-0.3, -0.25) is 0 Å². The van der Waals surface area contributed by atoms with Crippen LogP contribution in [0.1, 0.15) is 6.42 Å². The van der Waals surface area contributed by atoms with E-state index in [9.17, 15) is 74.6 Å². The molecule has 0 heterocycles. The zero-order valence-corrected chi connectivity index (χ0v) is 11.7. The molecule has 17 heteroatoms. The molecule has 0 N–H and O–H groups in total. The molecule has 0 rings (SSSR count). The Morgan fingerprint density at radius 1 is 0.519 bits per heavy atom. The summed E-state index contributed by atoms with van der Waals surface area (Å²) in [6.45, 7) is 0. The number of hydrogen-bond donors (Lipinski definition) is 0. The van der Waals surface area contributed by atoms with Gasteiger partial charge in [0.1, 0.15) is 0 Å². The van der Waals surface area contributed by atoms with E-state index in [2.05, 4.69) is 0 Å². The molecule has 0 aromatic heterocycles. The minimum Gasteiger partial charge on any atom is -0.224 e. The lowest BCUT2D eigenvalue weighted by atomic mass is 9.78. The van der Waals surface area contributed by atoms with E-state index >= 15 is 0 Å². The normalized spacial score (nSPS) is 16.3. The van der Waals surface area contributed by atoms with Gasteiger partial charge in [-0.1, -0.05) is 0 Å². The quantitative estimate of drug-likeness (QED) is 0.420. The highest BCUT2D eigenvalue weighted by atomic mass is 19.4. The van der Waals surface area contributed by atoms with Crippen LogP contribution >= 0.6 is 0 Å². The van der Waals surface area contributed by atoms with Crippen molar-refractivity contribution in [2.75, 3.05) is 0 Å². The van der Waals surface area contributed by atoms with Crippen LogP contribution in [0, 0.1) is 5.92 Å². The van der Waals surface area contributed by atoms with Crippen LogP contribution in [0.4, 0.5) is 74.6 Å². The maximum absolute atomic E-state index is 13.6. The molecule has 162 valence electrons. The summed E-state index contributed by atoms with van der Waals surface area (Å²) in [5.41, 5.74) is -14.5. The average molecular weight is 446 g/mol. The molecule has 0 aliphatic heterocycles. The minimum atomic E-state index is -7.55. The molecule has 0 bridgehead atoms. The van der Waals surface area contributed by atoms with Crippen LogP contribution in [-0.4, -0.2) is 36.0 Å². The molecule has 0 aromatic carbocycles. The molecule has 0 fully saturated rings. The van der Waals surface area contributed by atoms with Gasteiger partial charge in [-0.25, -0.2) is 13.2 Å². The summed E-state index contributed by atoms with van der Waals surface area (Å²) in [4.78, 5) is 0. The summed E-state index contributed by atoms with van der Waals surface area (Å²) in [7, 11) is 0. The maximum atomic E-state index is 13.6. The Labute approximate surface area is 136 Å². The second-order valence-electron chi connectivity index (χ2n) is 4.87. The lowest BCUT2D eigenvalue weighted by molar-refractivity contribution is -0.377. The van der Waals surface area contributed by atoms with Gasteiger partial charge in [0.15, 0.2) is 5.83 Å². The molecule has 0 radical (unpaired) electrons. The van der Waals surface area contributed by atoms with Crippen LogP contribution in [0.3, 0.4) is 0 Å². The highest BCUT2D eigenvalue weighted by Gasteiger charge is 2.81. The number of alkyl halides is 14. The molecule has 0 aliphatic carbocycles. The fraction of sp³-hybridized carbons (Fsp3) is 0.800. The second kappa shape index (κ2) is 6.86. The van der Waals surface area contributed by atoms with E-state index in [4.69, 9.17) is 0 Å². The summed E-state index contributed by atoms with van der Waals surface area (Å²) in [6, 6.07) is 0. The van der Waals surface area contributed by atoms with Crippen LogP contribution in [0.25, 0.3) is 0 Å². The third-order valence-electron chi connectivity index (χ3n) is 3.18. The average Bonchev–Trinajstić information content (AvgIpc) is 2.37. The van der Waals surface area contributed by atoms with Crippen molar-refractivity contribution in [3.8, 4) is 0 Å². The number of rotatable bonds is 4. The molecule has 0 aliphatic rings. The molecule has 0 spiro atoms. The van der Waals surface area contributed by atoms with E-state index in [0.29, 0.717) is 0 Å². The van der Waals surface area contributed by atoms with Crippen LogP contribution < -0.4 is 0 Å². The van der Waals surface area contributed by atoms with E-state index in [-0.39, 0.29) is 0 Å². The zero-order chi connectivity index (χ0) is 22.4. The van der Waals surface area contributed by atoms with E-state index in [1.54, 1.807) is 0 Å². The molecular formula is C10H3F17. The van der Waals surface area contributed by atoms with E-state index in [1.807, 2.05) is 0 Å². The topological polar surface area (TPSA) is 0 Å². The second-order valence-corrected chi connectivity index (χ2v) is 4.87. The van der Waals surface area contributed by atoms with Gasteiger partial charge in [0, 0.05) is 6.42 Å². The van der Waals surface area contributed by atoms with E-state index in [0.717, 1.165) is 0 Å². The standard InChI is InChI=1S/C10H3F17/c11-3(4(12)13)2(6(15,9(22,23)24)10(25,26)27)1-5(14,7(16,17)18)8(19,20)21/h2H,1H2. The van der Waals surface area contributed by atoms with Crippen LogP contribution in [0.2, 0.25) is 0 Å². The number of halogens is 17. The lowest BCUT2D eigenvalue weighted by Gasteiger charge is -2.39. The fourth-order valence-electron chi connectivity index (χ4n) is 1.77. The molecule has 0 nitrogen and oxygen atoms in total. The van der Waals surface area contributed by atoms with Gasteiger partial charge >= 0.3 is 36.5 Å². The smallest absolute Gasteiger partial charge is 0.224 e. The Morgan fingerprint density at radius 3 is 1.00 bits per heavy atom. The summed E-state index contributed by atoms with van der Waals surface area (Å²) >= 11 is 0. The van der Waals surface area contributed by atoms with E-state index in [1.165, 1.54) is 0 Å². The third-order valence-corrected chi connectivity index (χ3v) is 3.18. The Hall–Kier alpha value is -1.45. The Bertz CT molecular complexity index is 522. The first-order valence-corrected chi connectivity index (χ1v) is 5.80. The first-order valence-electron chi connectivity index (χ1n) is 5.80. The highest BCUT2D eigenvalue weighted by molar-refractivity contribution is 5.16. The van der Waals surface area contributed by atoms with Crippen LogP contribution in [0.15, 0.2) is 11.9 Å². The van der Waals surface area contributed by atoms with Gasteiger partial charge in [-0.15, -0.1) is 0 Å². The Morgan fingerprint density at radius 2 is 0.815 bits per heavy atom. The summed E-state index contributed by atoms with van der Waals surface area (Å²) in [5.74, 6) is -9.89. The third kappa shape index (κ3) is 4.35. The van der Waals surface area contributed by atoms with Gasteiger partial charge < -0.3 is 0 Å². The molecule has 27 heavy (non-hydrogen) atoms. The molecule has 0 aromatic rings. The Kier molecular flexibility index (Phi) is 6.49. The molecule has 0 saturated carbocycles. The van der Waals surface area contributed by atoms with Crippen molar-refractivity contribution < 1.29 is 74.6 Å². The van der Waals surface area contributed by atoms with Crippen molar-refractivity contribution in [1.82, 2.24) is 0 Å². The molecule has 1 unspecified atom stereocenters. The lowest BCUT2D eigenvalue weighted by Crippen LogP contribution is -2.62. The maximum Gasteiger partial charge on any atom is 0.432 e. The van der Waals surface area contributed by atoms with Crippen LogP contribution in [-0.2, 0) is 0 Å². The van der Waals surface area contributed by atoms with Gasteiger partial charge in [0.05, 0.1) is 5.92 Å². The van der Waals surface area contributed by atoms with E-state index < -0.39 is 60.3 Å². The van der Waals surface area contributed by atoms with Crippen molar-refractivity contribution in [2.24, 2.45) is 5.92 Å². The molecule has 1 atom stereocenters. The van der Waals surface area contributed by atoms with Gasteiger partial charge in [-0.2, -0.15) is 61.5 Å². The predicted molar refractivity (Wildman–Crippen MR) is 50.4 cm³/mol. The van der Waals surface area contributed by atoms with Crippen molar-refractivity contribution in [3.05, 3.63) is 11.9 Å². The molecular weight excluding hydrogens is 443 g/mol. The molecule has 0 saturated heterocycles. The summed E-state index contributed by atoms with van der Waals surface area (Å²) < 4.78 is 213. The van der Waals surface area contributed by atoms with Crippen molar-refractivity contribution in [1.29, 1.82) is 0 Å². The van der Waals surface area contributed by atoms with Gasteiger partial charge in [0.25, 0.3) is 5.67 Å². The van der Waals surface area contributed by atoms with Gasteiger partial charge in [-0.05, 0) is 0 Å². The molecule has 0 amide bonds. The highest BCUT2D eigenvalue weighted by Crippen LogP contribution is 2.59. The number of allylic oxidation sites excluding steroid dienone is 1. The SMILES string of the molecule is FC(F)=C(F)C(CC(F)(C(F)(F)F)C(F)(F)F)C(F)(C(F)(F)F)C(F)(F)F. The van der Waals surface area contributed by atoms with Crippen molar-refractivity contribution in [2.45, 2.75) is 42.5 Å². The summed E-state index contributed by atoms with van der Waals surface area (Å²) in [6.07, 6.45) is -38.5. The predicted octanol–water partition coefficient (Wildman–Crippen LogP) is 6.74. The van der Waals surface area contributed by atoms with Crippen LogP contribution in [0.5, 0.6) is 0 Å². The summed E-state index contributed by atoms with van der Waals surface area (Å²) in [5, 5.41) is 0. The first kappa shape index (κ1) is 25.6. The van der Waals surface area contributed by atoms with Gasteiger partial charge in [0.2, 0.25) is 0 Å². The minimum absolute atomic E-state index is 4.29. The fourth-order valence-corrected chi connectivity index (χ4v) is 1.77. The largest absolute Gasteiger partial charge is 0.432 e. The zero-order valence-electron chi connectivity index (χ0n) is 11.7. The monoisotopic (exact) mass is 446 g/mol. The van der Waals surface area contributed by atoms with Crippen molar-refractivity contribution in [3.63, 3.8) is 0 Å². The van der Waals surface area contributed by atoms with Crippen molar-refractivity contribution >= 4 is 0 Å². The number of hydrogen-bond acceptors (Lipinski definition) is 0. The Balaban J connectivity index is 6.94.